The first-order chi connectivity index (χ1) is 9.19. The fraction of sp³-hybridized carbons (Fsp3) is 0.250. The van der Waals surface area contributed by atoms with Crippen molar-refractivity contribution in [1.29, 1.82) is 0 Å². The molecule has 100 valence electrons. The topological polar surface area (TPSA) is 21.3 Å². The van der Waals surface area contributed by atoms with Crippen LogP contribution in [0, 0.1) is 12.7 Å². The van der Waals surface area contributed by atoms with Crippen LogP contribution in [0.2, 0.25) is 0 Å². The smallest absolute Gasteiger partial charge is 0.146 e. The van der Waals surface area contributed by atoms with E-state index in [1.54, 1.807) is 13.2 Å². The molecule has 0 saturated heterocycles. The first kappa shape index (κ1) is 13.6. The molecule has 0 atom stereocenters. The Morgan fingerprint density at radius 1 is 1.05 bits per heavy atom. The molecule has 0 unspecified atom stereocenters. The summed E-state index contributed by atoms with van der Waals surface area (Å²) in [4.78, 5) is 0. The molecule has 2 aromatic carbocycles. The number of rotatable bonds is 5. The standard InChI is InChI=1S/C16H18FNO/c1-12-3-8-16(15(17)9-12)18-10-13-4-6-14(7-5-13)11-19-2/h3-9,18H,10-11H2,1-2H3. The van der Waals surface area contributed by atoms with Gasteiger partial charge in [0.2, 0.25) is 0 Å². The van der Waals surface area contributed by atoms with Crippen LogP contribution in [0.4, 0.5) is 10.1 Å². The Labute approximate surface area is 113 Å². The van der Waals surface area contributed by atoms with Crippen molar-refractivity contribution in [2.75, 3.05) is 12.4 Å². The summed E-state index contributed by atoms with van der Waals surface area (Å²) >= 11 is 0. The third-order valence-electron chi connectivity index (χ3n) is 2.94. The maximum absolute atomic E-state index is 13.6. The highest BCUT2D eigenvalue weighted by atomic mass is 19.1. The molecule has 0 radical (unpaired) electrons. The molecule has 1 N–H and O–H groups in total. The van der Waals surface area contributed by atoms with E-state index in [0.29, 0.717) is 18.8 Å². The zero-order chi connectivity index (χ0) is 13.7. The summed E-state index contributed by atoms with van der Waals surface area (Å²) in [6.07, 6.45) is 0. The van der Waals surface area contributed by atoms with E-state index in [1.165, 1.54) is 6.07 Å². The van der Waals surface area contributed by atoms with Gasteiger partial charge in [-0.25, -0.2) is 4.39 Å². The van der Waals surface area contributed by atoms with Crippen molar-refractivity contribution in [2.45, 2.75) is 20.1 Å². The number of ether oxygens (including phenoxy) is 1. The summed E-state index contributed by atoms with van der Waals surface area (Å²) in [5, 5.41) is 3.10. The molecule has 2 nitrogen and oxygen atoms in total. The Morgan fingerprint density at radius 3 is 2.37 bits per heavy atom. The molecule has 0 heterocycles. The van der Waals surface area contributed by atoms with Crippen LogP contribution in [0.3, 0.4) is 0 Å². The number of hydrogen-bond donors (Lipinski definition) is 1. The van der Waals surface area contributed by atoms with E-state index in [9.17, 15) is 4.39 Å². The van der Waals surface area contributed by atoms with Gasteiger partial charge in [0.05, 0.1) is 12.3 Å². The minimum Gasteiger partial charge on any atom is -0.380 e. The van der Waals surface area contributed by atoms with E-state index >= 15 is 0 Å². The average molecular weight is 259 g/mol. The van der Waals surface area contributed by atoms with Crippen molar-refractivity contribution < 1.29 is 9.13 Å². The first-order valence-electron chi connectivity index (χ1n) is 6.26. The lowest BCUT2D eigenvalue weighted by Crippen LogP contribution is -2.01. The molecule has 0 fully saturated rings. The van der Waals surface area contributed by atoms with Crippen LogP contribution in [0.25, 0.3) is 0 Å². The number of methoxy groups -OCH3 is 1. The van der Waals surface area contributed by atoms with E-state index in [1.807, 2.05) is 37.3 Å². The Morgan fingerprint density at radius 2 is 1.74 bits per heavy atom. The molecule has 0 amide bonds. The van der Waals surface area contributed by atoms with Crippen molar-refractivity contribution in [2.24, 2.45) is 0 Å². The number of aryl methyl sites for hydroxylation is 1. The molecule has 3 heteroatoms. The number of benzene rings is 2. The van der Waals surface area contributed by atoms with Gasteiger partial charge in [0.1, 0.15) is 5.82 Å². The summed E-state index contributed by atoms with van der Waals surface area (Å²) < 4.78 is 18.7. The second kappa shape index (κ2) is 6.34. The fourth-order valence-electron chi connectivity index (χ4n) is 1.88. The van der Waals surface area contributed by atoms with Gasteiger partial charge >= 0.3 is 0 Å². The van der Waals surface area contributed by atoms with E-state index < -0.39 is 0 Å². The Kier molecular flexibility index (Phi) is 4.53. The second-order valence-corrected chi connectivity index (χ2v) is 4.59. The number of halogens is 1. The molecule has 19 heavy (non-hydrogen) atoms. The molecular weight excluding hydrogens is 241 g/mol. The van der Waals surface area contributed by atoms with Gasteiger partial charge in [-0.3, -0.25) is 0 Å². The fourth-order valence-corrected chi connectivity index (χ4v) is 1.88. The quantitative estimate of drug-likeness (QED) is 0.879. The zero-order valence-electron chi connectivity index (χ0n) is 11.2. The van der Waals surface area contributed by atoms with Gasteiger partial charge in [-0.05, 0) is 35.7 Å². The van der Waals surface area contributed by atoms with Crippen LogP contribution >= 0.6 is 0 Å². The SMILES string of the molecule is COCc1ccc(CNc2ccc(C)cc2F)cc1. The van der Waals surface area contributed by atoms with Crippen molar-refractivity contribution in [3.05, 3.63) is 65.0 Å². The predicted octanol–water partition coefficient (Wildman–Crippen LogP) is 3.89. The zero-order valence-corrected chi connectivity index (χ0v) is 11.2. The van der Waals surface area contributed by atoms with Gasteiger partial charge in [-0.2, -0.15) is 0 Å². The van der Waals surface area contributed by atoms with Gasteiger partial charge in [0, 0.05) is 13.7 Å². The van der Waals surface area contributed by atoms with E-state index in [2.05, 4.69) is 5.32 Å². The maximum Gasteiger partial charge on any atom is 0.146 e. The molecule has 0 aliphatic heterocycles. The Balaban J connectivity index is 1.98. The molecule has 0 spiro atoms. The van der Waals surface area contributed by atoms with Gasteiger partial charge in [0.15, 0.2) is 0 Å². The van der Waals surface area contributed by atoms with E-state index in [4.69, 9.17) is 4.74 Å². The third kappa shape index (κ3) is 3.80. The van der Waals surface area contributed by atoms with Gasteiger partial charge < -0.3 is 10.1 Å². The minimum atomic E-state index is -0.212. The van der Waals surface area contributed by atoms with Crippen LogP contribution in [-0.4, -0.2) is 7.11 Å². The summed E-state index contributed by atoms with van der Waals surface area (Å²) in [7, 11) is 1.68. The molecular formula is C16H18FNO. The van der Waals surface area contributed by atoms with Crippen molar-refractivity contribution >= 4 is 5.69 Å². The lowest BCUT2D eigenvalue weighted by atomic mass is 10.1. The molecule has 0 saturated carbocycles. The average Bonchev–Trinajstić information content (AvgIpc) is 2.40. The van der Waals surface area contributed by atoms with Gasteiger partial charge in [0.25, 0.3) is 0 Å². The second-order valence-electron chi connectivity index (χ2n) is 4.59. The van der Waals surface area contributed by atoms with E-state index in [0.717, 1.165) is 16.7 Å². The molecule has 0 aliphatic rings. The van der Waals surface area contributed by atoms with Crippen LogP contribution in [-0.2, 0) is 17.9 Å². The normalized spacial score (nSPS) is 10.5. The molecule has 0 aliphatic carbocycles. The van der Waals surface area contributed by atoms with Crippen LogP contribution in [0.1, 0.15) is 16.7 Å². The third-order valence-corrected chi connectivity index (χ3v) is 2.94. The van der Waals surface area contributed by atoms with Crippen LogP contribution in [0.15, 0.2) is 42.5 Å². The number of hydrogen-bond acceptors (Lipinski definition) is 2. The molecule has 0 bridgehead atoms. The highest BCUT2D eigenvalue weighted by Crippen LogP contribution is 2.16. The van der Waals surface area contributed by atoms with Crippen molar-refractivity contribution in [3.8, 4) is 0 Å². The summed E-state index contributed by atoms with van der Waals surface area (Å²) in [6.45, 7) is 3.09. The first-order valence-corrected chi connectivity index (χ1v) is 6.26. The van der Waals surface area contributed by atoms with Crippen LogP contribution < -0.4 is 5.32 Å². The molecule has 0 aromatic heterocycles. The summed E-state index contributed by atoms with van der Waals surface area (Å²) in [6, 6.07) is 13.3. The summed E-state index contributed by atoms with van der Waals surface area (Å²) in [5.41, 5.74) is 3.70. The lowest BCUT2D eigenvalue weighted by Gasteiger charge is -2.09. The Hall–Kier alpha value is -1.87. The predicted molar refractivity (Wildman–Crippen MR) is 75.6 cm³/mol. The highest BCUT2D eigenvalue weighted by molar-refractivity contribution is 5.46. The lowest BCUT2D eigenvalue weighted by molar-refractivity contribution is 0.185. The summed E-state index contributed by atoms with van der Waals surface area (Å²) in [5.74, 6) is -0.212. The molecule has 2 aromatic rings. The molecule has 2 rings (SSSR count). The van der Waals surface area contributed by atoms with Gasteiger partial charge in [-0.1, -0.05) is 30.3 Å². The largest absolute Gasteiger partial charge is 0.380 e. The minimum absolute atomic E-state index is 0.212. The maximum atomic E-state index is 13.6. The monoisotopic (exact) mass is 259 g/mol. The number of anilines is 1. The highest BCUT2D eigenvalue weighted by Gasteiger charge is 2.01. The number of nitrogens with one attached hydrogen (secondary N) is 1. The Bertz CT molecular complexity index is 537. The van der Waals surface area contributed by atoms with E-state index in [-0.39, 0.29) is 5.82 Å². The van der Waals surface area contributed by atoms with Crippen molar-refractivity contribution in [1.82, 2.24) is 0 Å². The van der Waals surface area contributed by atoms with Crippen molar-refractivity contribution in [3.63, 3.8) is 0 Å². The van der Waals surface area contributed by atoms with Crippen LogP contribution in [0.5, 0.6) is 0 Å². The van der Waals surface area contributed by atoms with Gasteiger partial charge in [-0.15, -0.1) is 0 Å².